The summed E-state index contributed by atoms with van der Waals surface area (Å²) < 4.78 is 3.24. The van der Waals surface area contributed by atoms with Crippen LogP contribution in [-0.4, -0.2) is 75.1 Å². The first-order valence-electron chi connectivity index (χ1n) is 2.64. The molecular weight excluding hydrogens is 260 g/mol. The zero-order chi connectivity index (χ0) is 12.2. The highest BCUT2D eigenvalue weighted by Gasteiger charge is 2.45. The van der Waals surface area contributed by atoms with Gasteiger partial charge in [0.25, 0.3) is 0 Å². The van der Waals surface area contributed by atoms with Gasteiger partial charge in [-0.3, -0.25) is 0 Å². The Kier molecular flexibility index (Phi) is 6.34. The van der Waals surface area contributed by atoms with Gasteiger partial charge >= 0.3 is 27.1 Å². The first kappa shape index (κ1) is 16.6. The quantitative estimate of drug-likeness (QED) is 0.213. The predicted octanol–water partition coefficient (Wildman–Crippen LogP) is -6.78. The Balaban J connectivity index is 0. The van der Waals surface area contributed by atoms with Crippen LogP contribution in [0.2, 0.25) is 0 Å². The van der Waals surface area contributed by atoms with E-state index in [1.54, 1.807) is 0 Å². The molecule has 11 nitrogen and oxygen atoms in total. The van der Waals surface area contributed by atoms with Gasteiger partial charge in [0.2, 0.25) is 0 Å². The third-order valence-electron chi connectivity index (χ3n) is 0.274. The molecule has 0 amide bonds. The molecule has 0 fully saturated rings. The van der Waals surface area contributed by atoms with Crippen LogP contribution in [0.4, 0.5) is 0 Å². The van der Waals surface area contributed by atoms with E-state index in [9.17, 15) is 0 Å². The van der Waals surface area contributed by atoms with Gasteiger partial charge in [-0.05, 0) is 0 Å². The fourth-order valence-electron chi connectivity index (χ4n) is 0.184. The van der Waals surface area contributed by atoms with Crippen molar-refractivity contribution in [3.05, 3.63) is 0 Å². The lowest BCUT2D eigenvalue weighted by molar-refractivity contribution is 0.0405. The zero-order valence-corrected chi connectivity index (χ0v) is 9.38. The molecule has 0 spiro atoms. The van der Waals surface area contributed by atoms with Crippen LogP contribution in [-0.2, 0) is 4.12 Å². The monoisotopic (exact) mass is 270 g/mol. The fourth-order valence-corrected chi connectivity index (χ4v) is 1.65. The molecule has 14 heteroatoms. The Morgan fingerprint density at radius 1 is 0.500 bits per heavy atom. The average molecular weight is 270 g/mol. The van der Waals surface area contributed by atoms with E-state index in [1.165, 1.54) is 0 Å². The van der Waals surface area contributed by atoms with Gasteiger partial charge in [-0.25, -0.2) is 0 Å². The topological polar surface area (TPSA) is 212 Å². The molecule has 0 unspecified atom stereocenters. The summed E-state index contributed by atoms with van der Waals surface area (Å²) in [6.45, 7) is 0. The summed E-state index contributed by atoms with van der Waals surface area (Å²) in [6.07, 6.45) is 0. The van der Waals surface area contributed by atoms with E-state index in [0.717, 1.165) is 0 Å². The Bertz CT molecular complexity index is 125. The van der Waals surface area contributed by atoms with Gasteiger partial charge in [-0.1, -0.05) is 0 Å². The minimum atomic E-state index is -4.98. The van der Waals surface area contributed by atoms with Crippen LogP contribution in [0.1, 0.15) is 0 Å². The van der Waals surface area contributed by atoms with Crippen molar-refractivity contribution in [2.45, 2.75) is 0 Å². The molecule has 0 bridgehead atoms. The highest BCUT2D eigenvalue weighted by Crippen LogP contribution is 1.95. The number of hydrogen-bond acceptors (Lipinski definition) is 11. The molecule has 10 N–H and O–H groups in total. The summed E-state index contributed by atoms with van der Waals surface area (Å²) in [4.78, 5) is 76.9. The van der Waals surface area contributed by atoms with E-state index < -0.39 is 27.1 Å². The van der Waals surface area contributed by atoms with E-state index in [1.807, 2.05) is 0 Å². The summed E-state index contributed by atoms with van der Waals surface area (Å²) in [5.41, 5.74) is 0. The largest absolute Gasteiger partial charge is 0.668 e. The van der Waals surface area contributed by atoms with Crippen molar-refractivity contribution in [1.29, 1.82) is 0 Å². The second-order valence-electron chi connectivity index (χ2n) is 1.85. The highest BCUT2D eigenvalue weighted by atomic mass is 28.5. The summed E-state index contributed by atoms with van der Waals surface area (Å²) >= 11 is 0. The highest BCUT2D eigenvalue weighted by molar-refractivity contribution is 6.63. The van der Waals surface area contributed by atoms with Crippen molar-refractivity contribution < 1.29 is 52.1 Å². The first-order chi connectivity index (χ1) is 5.71. The van der Waals surface area contributed by atoms with E-state index in [4.69, 9.17) is 48.0 Å². The van der Waals surface area contributed by atoms with Gasteiger partial charge < -0.3 is 52.1 Å². The SMILES string of the molecule is O[Si](O)(O)O.O[Si](O)(O)O[Si](O)(O)O. The molecule has 0 aliphatic carbocycles. The van der Waals surface area contributed by atoms with Crippen molar-refractivity contribution in [2.24, 2.45) is 0 Å². The standard InChI is InChI=1S/H6O7Si2.H4O4Si/c1-8(2,3)7-9(4,5)6;1-5(2,3)4/h1-6H;1-4H. The van der Waals surface area contributed by atoms with Gasteiger partial charge in [0.1, 0.15) is 0 Å². The smallest absolute Gasteiger partial charge is 0.368 e. The lowest BCUT2D eigenvalue weighted by Crippen LogP contribution is -2.53. The van der Waals surface area contributed by atoms with E-state index in [2.05, 4.69) is 4.12 Å². The lowest BCUT2D eigenvalue weighted by atomic mass is 15.6. The van der Waals surface area contributed by atoms with Gasteiger partial charge in [0.05, 0.1) is 0 Å². The molecule has 0 aliphatic rings. The minimum absolute atomic E-state index is 3.24. The second-order valence-corrected chi connectivity index (χ2v) is 6.16. The number of hydrogen-bond donors (Lipinski definition) is 10. The maximum atomic E-state index is 7.94. The molecule has 88 valence electrons. The molecule has 0 aromatic rings. The molecule has 0 saturated carbocycles. The van der Waals surface area contributed by atoms with Crippen LogP contribution in [0.3, 0.4) is 0 Å². The first-order valence-corrected chi connectivity index (χ1v) is 7.93. The van der Waals surface area contributed by atoms with Crippen molar-refractivity contribution >= 4 is 27.1 Å². The normalized spacial score (nSPS) is 13.3. The fraction of sp³-hybridized carbons (Fsp3) is 0. The Hall–Kier alpha value is 0.211. The van der Waals surface area contributed by atoms with E-state index in [0.29, 0.717) is 0 Å². The van der Waals surface area contributed by atoms with Gasteiger partial charge in [-0.15, -0.1) is 0 Å². The van der Waals surface area contributed by atoms with Crippen molar-refractivity contribution in [3.8, 4) is 0 Å². The zero-order valence-electron chi connectivity index (χ0n) is 6.38. The summed E-state index contributed by atoms with van der Waals surface area (Å²) in [5, 5.41) is 0. The lowest BCUT2D eigenvalue weighted by Gasteiger charge is -2.13. The van der Waals surface area contributed by atoms with Crippen molar-refractivity contribution in [2.75, 3.05) is 0 Å². The van der Waals surface area contributed by atoms with E-state index >= 15 is 0 Å². The Morgan fingerprint density at radius 3 is 0.643 bits per heavy atom. The van der Waals surface area contributed by atoms with Gasteiger partial charge in [0.15, 0.2) is 0 Å². The molecule has 0 saturated heterocycles. The van der Waals surface area contributed by atoms with Gasteiger partial charge in [0, 0.05) is 0 Å². The van der Waals surface area contributed by atoms with Crippen LogP contribution >= 0.6 is 0 Å². The number of rotatable bonds is 2. The van der Waals surface area contributed by atoms with Crippen molar-refractivity contribution in [1.82, 2.24) is 0 Å². The van der Waals surface area contributed by atoms with Crippen LogP contribution < -0.4 is 0 Å². The van der Waals surface area contributed by atoms with Crippen LogP contribution in [0.15, 0.2) is 0 Å². The Labute approximate surface area is 80.1 Å². The molecule has 0 heterocycles. The summed E-state index contributed by atoms with van der Waals surface area (Å²) in [7, 11) is -14.6. The Morgan fingerprint density at radius 2 is 0.643 bits per heavy atom. The molecule has 0 aliphatic heterocycles. The molecular formula is H10O11Si3. The van der Waals surface area contributed by atoms with Crippen LogP contribution in [0, 0.1) is 0 Å². The third-order valence-corrected chi connectivity index (χ3v) is 2.46. The molecule has 0 aromatic carbocycles. The second kappa shape index (κ2) is 5.34. The molecule has 0 aromatic heterocycles. The molecule has 0 rings (SSSR count). The van der Waals surface area contributed by atoms with Gasteiger partial charge in [-0.2, -0.15) is 0 Å². The molecule has 0 radical (unpaired) electrons. The summed E-state index contributed by atoms with van der Waals surface area (Å²) in [5.74, 6) is 0. The third kappa shape index (κ3) is 39.8. The maximum Gasteiger partial charge on any atom is 0.668 e. The van der Waals surface area contributed by atoms with Crippen LogP contribution in [0.25, 0.3) is 0 Å². The maximum absolute atomic E-state index is 7.94. The van der Waals surface area contributed by atoms with Crippen molar-refractivity contribution in [3.63, 3.8) is 0 Å². The molecule has 14 heavy (non-hydrogen) atoms. The average Bonchev–Trinajstić information content (AvgIpc) is 1.42. The predicted molar refractivity (Wildman–Crippen MR) is 40.5 cm³/mol. The van der Waals surface area contributed by atoms with E-state index in [-0.39, 0.29) is 0 Å². The summed E-state index contributed by atoms with van der Waals surface area (Å²) in [6, 6.07) is 0. The minimum Gasteiger partial charge on any atom is -0.368 e. The van der Waals surface area contributed by atoms with Crippen LogP contribution in [0.5, 0.6) is 0 Å². The molecule has 0 atom stereocenters.